The van der Waals surface area contributed by atoms with Gasteiger partial charge in [-0.3, -0.25) is 14.9 Å². The third-order valence-electron chi connectivity index (χ3n) is 3.79. The largest absolute Gasteiger partial charge is 0.457 e. The lowest BCUT2D eigenvalue weighted by Crippen LogP contribution is -2.13. The number of nitro benzene ring substituents is 1. The number of anilines is 1. The van der Waals surface area contributed by atoms with E-state index in [2.05, 4.69) is 21.2 Å². The van der Waals surface area contributed by atoms with Gasteiger partial charge in [-0.25, -0.2) is 0 Å². The number of benzene rings is 2. The normalized spacial score (nSPS) is 11.0. The Hall–Kier alpha value is -3.41. The molecule has 0 radical (unpaired) electrons. The van der Waals surface area contributed by atoms with E-state index >= 15 is 0 Å². The van der Waals surface area contributed by atoms with Crippen LogP contribution in [0.2, 0.25) is 5.02 Å². The predicted molar refractivity (Wildman–Crippen MR) is 112 cm³/mol. The Morgan fingerprint density at radius 3 is 2.69 bits per heavy atom. The van der Waals surface area contributed by atoms with Gasteiger partial charge in [0.25, 0.3) is 11.6 Å². The van der Waals surface area contributed by atoms with E-state index in [1.54, 1.807) is 30.3 Å². The maximum atomic E-state index is 12.3. The number of carbonyl (C=O) groups is 1. The van der Waals surface area contributed by atoms with Crippen molar-refractivity contribution in [2.24, 2.45) is 0 Å². The predicted octanol–water partition coefficient (Wildman–Crippen LogP) is 5.82. The summed E-state index contributed by atoms with van der Waals surface area (Å²) >= 11 is 9.41. The first-order valence-corrected chi connectivity index (χ1v) is 9.27. The quantitative estimate of drug-likeness (QED) is 0.218. The van der Waals surface area contributed by atoms with E-state index in [1.807, 2.05) is 12.1 Å². The number of amides is 1. The molecule has 1 N–H and O–H groups in total. The van der Waals surface area contributed by atoms with Gasteiger partial charge in [0.2, 0.25) is 0 Å². The summed E-state index contributed by atoms with van der Waals surface area (Å²) in [6.07, 6.45) is 1.30. The zero-order chi connectivity index (χ0) is 21.0. The molecule has 0 saturated heterocycles. The maximum absolute atomic E-state index is 12.3. The van der Waals surface area contributed by atoms with Crippen LogP contribution in [0.4, 0.5) is 11.4 Å². The maximum Gasteiger partial charge on any atom is 0.270 e. The molecule has 1 amide bonds. The second-order valence-corrected chi connectivity index (χ2v) is 7.08. The fraction of sp³-hybridized carbons (Fsp3) is 0. The lowest BCUT2D eigenvalue weighted by molar-refractivity contribution is -0.384. The van der Waals surface area contributed by atoms with Crippen LogP contribution in [0, 0.1) is 21.4 Å². The summed E-state index contributed by atoms with van der Waals surface area (Å²) in [5.41, 5.74) is 0.694. The minimum absolute atomic E-state index is 0.138. The molecule has 7 nitrogen and oxygen atoms in total. The Bertz CT molecular complexity index is 1180. The van der Waals surface area contributed by atoms with Crippen molar-refractivity contribution in [3.8, 4) is 17.4 Å². The van der Waals surface area contributed by atoms with Gasteiger partial charge in [-0.05, 0) is 36.4 Å². The van der Waals surface area contributed by atoms with Gasteiger partial charge in [0.1, 0.15) is 23.2 Å². The summed E-state index contributed by atoms with van der Waals surface area (Å²) in [5, 5.41) is 22.9. The number of nitrogens with one attached hydrogen (secondary N) is 1. The Labute approximate surface area is 178 Å². The first kappa shape index (κ1) is 20.3. The van der Waals surface area contributed by atoms with E-state index in [1.165, 1.54) is 24.3 Å². The molecule has 0 aliphatic rings. The second-order valence-electron chi connectivity index (χ2n) is 5.76. The molecule has 9 heteroatoms. The summed E-state index contributed by atoms with van der Waals surface area (Å²) in [7, 11) is 0. The number of nitriles is 1. The van der Waals surface area contributed by atoms with Gasteiger partial charge < -0.3 is 9.73 Å². The van der Waals surface area contributed by atoms with E-state index < -0.39 is 10.8 Å². The standard InChI is InChI=1S/C20H11BrClN3O4/c21-13-2-1-3-14(9-13)24-20(26)12(11-23)8-16-5-7-19(29-16)17-6-4-15(25(27)28)10-18(17)22/h1-10H,(H,24,26)/b12-8+. The highest BCUT2D eigenvalue weighted by Crippen LogP contribution is 2.32. The first-order valence-electron chi connectivity index (χ1n) is 8.10. The topological polar surface area (TPSA) is 109 Å². The minimum Gasteiger partial charge on any atom is -0.457 e. The van der Waals surface area contributed by atoms with E-state index in [4.69, 9.17) is 16.0 Å². The van der Waals surface area contributed by atoms with Crippen LogP contribution in [0.5, 0.6) is 0 Å². The van der Waals surface area contributed by atoms with Gasteiger partial charge >= 0.3 is 0 Å². The fourth-order valence-corrected chi connectivity index (χ4v) is 3.12. The van der Waals surface area contributed by atoms with Gasteiger partial charge in [0, 0.05) is 33.9 Å². The van der Waals surface area contributed by atoms with Crippen LogP contribution in [-0.4, -0.2) is 10.8 Å². The van der Waals surface area contributed by atoms with Crippen molar-refractivity contribution in [1.29, 1.82) is 5.26 Å². The summed E-state index contributed by atoms with van der Waals surface area (Å²) in [5.74, 6) is 0.0214. The molecule has 3 rings (SSSR count). The Morgan fingerprint density at radius 2 is 2.03 bits per heavy atom. The van der Waals surface area contributed by atoms with Crippen molar-refractivity contribution in [3.05, 3.63) is 85.5 Å². The van der Waals surface area contributed by atoms with Crippen molar-refractivity contribution in [2.45, 2.75) is 0 Å². The monoisotopic (exact) mass is 471 g/mol. The zero-order valence-corrected chi connectivity index (χ0v) is 16.9. The van der Waals surface area contributed by atoms with Crippen LogP contribution >= 0.6 is 27.5 Å². The number of nitro groups is 1. The molecular formula is C20H11BrClN3O4. The molecule has 1 heterocycles. The van der Waals surface area contributed by atoms with Crippen molar-refractivity contribution in [3.63, 3.8) is 0 Å². The van der Waals surface area contributed by atoms with Gasteiger partial charge in [-0.15, -0.1) is 0 Å². The van der Waals surface area contributed by atoms with Gasteiger partial charge in [-0.2, -0.15) is 5.26 Å². The molecule has 0 aliphatic heterocycles. The summed E-state index contributed by atoms with van der Waals surface area (Å²) < 4.78 is 6.42. The Morgan fingerprint density at radius 1 is 1.24 bits per heavy atom. The van der Waals surface area contributed by atoms with Crippen LogP contribution in [0.3, 0.4) is 0 Å². The SMILES string of the molecule is N#C/C(=C\c1ccc(-c2ccc([N+](=O)[O-])cc2Cl)o1)C(=O)Nc1cccc(Br)c1. The second kappa shape index (κ2) is 8.73. The first-order chi connectivity index (χ1) is 13.9. The highest BCUT2D eigenvalue weighted by atomic mass is 79.9. The third-order valence-corrected chi connectivity index (χ3v) is 4.60. The molecule has 29 heavy (non-hydrogen) atoms. The van der Waals surface area contributed by atoms with Gasteiger partial charge in [0.15, 0.2) is 0 Å². The average Bonchev–Trinajstić information content (AvgIpc) is 3.14. The molecule has 0 fully saturated rings. The number of hydrogen-bond donors (Lipinski definition) is 1. The molecule has 0 unspecified atom stereocenters. The van der Waals surface area contributed by atoms with Gasteiger partial charge in [-0.1, -0.05) is 33.6 Å². The summed E-state index contributed by atoms with van der Waals surface area (Å²) in [4.78, 5) is 22.6. The van der Waals surface area contributed by atoms with Gasteiger partial charge in [0.05, 0.1) is 9.95 Å². The lowest BCUT2D eigenvalue weighted by atomic mass is 10.1. The van der Waals surface area contributed by atoms with Crippen LogP contribution in [0.15, 0.2) is 69.1 Å². The molecule has 144 valence electrons. The number of furan rings is 1. The highest BCUT2D eigenvalue weighted by molar-refractivity contribution is 9.10. The van der Waals surface area contributed by atoms with Crippen LogP contribution < -0.4 is 5.32 Å². The molecular weight excluding hydrogens is 462 g/mol. The molecule has 0 bridgehead atoms. The lowest BCUT2D eigenvalue weighted by Gasteiger charge is -2.04. The molecule has 0 atom stereocenters. The molecule has 0 saturated carbocycles. The zero-order valence-electron chi connectivity index (χ0n) is 14.6. The van der Waals surface area contributed by atoms with Crippen molar-refractivity contribution in [1.82, 2.24) is 0 Å². The van der Waals surface area contributed by atoms with E-state index in [0.29, 0.717) is 17.0 Å². The number of non-ortho nitro benzene ring substituents is 1. The Kier molecular flexibility index (Phi) is 6.12. The fourth-order valence-electron chi connectivity index (χ4n) is 2.45. The van der Waals surface area contributed by atoms with Crippen LogP contribution in [0.1, 0.15) is 5.76 Å². The summed E-state index contributed by atoms with van der Waals surface area (Å²) in [6, 6.07) is 16.0. The molecule has 0 spiro atoms. The van der Waals surface area contributed by atoms with E-state index in [9.17, 15) is 20.2 Å². The van der Waals surface area contributed by atoms with Crippen molar-refractivity contribution in [2.75, 3.05) is 5.32 Å². The van der Waals surface area contributed by atoms with Crippen molar-refractivity contribution < 1.29 is 14.1 Å². The Balaban J connectivity index is 1.83. The number of carbonyl (C=O) groups excluding carboxylic acids is 1. The number of nitrogens with zero attached hydrogens (tertiary/aromatic N) is 2. The smallest absolute Gasteiger partial charge is 0.270 e. The average molecular weight is 473 g/mol. The van der Waals surface area contributed by atoms with E-state index in [-0.39, 0.29) is 22.0 Å². The molecule has 3 aromatic rings. The minimum atomic E-state index is -0.586. The number of rotatable bonds is 5. The third kappa shape index (κ3) is 4.90. The van der Waals surface area contributed by atoms with Crippen LogP contribution in [-0.2, 0) is 4.79 Å². The molecule has 0 aliphatic carbocycles. The molecule has 1 aromatic heterocycles. The van der Waals surface area contributed by atoms with E-state index in [0.717, 1.165) is 4.47 Å². The molecule has 2 aromatic carbocycles. The van der Waals surface area contributed by atoms with Crippen molar-refractivity contribution >= 4 is 50.9 Å². The number of hydrogen-bond acceptors (Lipinski definition) is 5. The highest BCUT2D eigenvalue weighted by Gasteiger charge is 2.15. The van der Waals surface area contributed by atoms with Crippen LogP contribution in [0.25, 0.3) is 17.4 Å². The summed E-state index contributed by atoms with van der Waals surface area (Å²) in [6.45, 7) is 0. The number of halogens is 2.